The minimum absolute atomic E-state index is 0.0134. The number of piperidine rings is 2. The number of ether oxygens (including phenoxy) is 1. The second kappa shape index (κ2) is 8.81. The molecule has 5 heterocycles. The molecule has 2 amide bonds. The van der Waals surface area contributed by atoms with E-state index in [9.17, 15) is 9.59 Å². The predicted molar refractivity (Wildman–Crippen MR) is 156 cm³/mol. The Morgan fingerprint density at radius 2 is 1.66 bits per heavy atom. The number of anilines is 1. The first-order valence-corrected chi connectivity index (χ1v) is 16.0. The lowest BCUT2D eigenvalue weighted by molar-refractivity contribution is -0.152. The summed E-state index contributed by atoms with van der Waals surface area (Å²) >= 11 is 0. The summed E-state index contributed by atoms with van der Waals surface area (Å²) in [6.45, 7) is 14.2. The Hall–Kier alpha value is -1.94. The summed E-state index contributed by atoms with van der Waals surface area (Å²) < 4.78 is 18.1. The average Bonchev–Trinajstić information content (AvgIpc) is 3.46. The molecule has 3 atom stereocenters. The van der Waals surface area contributed by atoms with Gasteiger partial charge in [0.25, 0.3) is 0 Å². The van der Waals surface area contributed by atoms with Crippen molar-refractivity contribution in [3.8, 4) is 0 Å². The molecule has 1 aromatic rings. The molecule has 8 rings (SSSR count). The highest BCUT2D eigenvalue weighted by Gasteiger charge is 2.59. The minimum Gasteiger partial charge on any atom is -0.399 e. The Morgan fingerprint density at radius 3 is 2.24 bits per heavy atom. The zero-order chi connectivity index (χ0) is 28.5. The highest BCUT2D eigenvalue weighted by Crippen LogP contribution is 2.54. The normalized spacial score (nSPS) is 36.8. The van der Waals surface area contributed by atoms with Gasteiger partial charge in [-0.05, 0) is 95.7 Å². The molecule has 8 nitrogen and oxygen atoms in total. The molecule has 220 valence electrons. The molecule has 2 saturated carbocycles. The van der Waals surface area contributed by atoms with Crippen LogP contribution in [0, 0.1) is 17.8 Å². The van der Waals surface area contributed by atoms with Gasteiger partial charge in [-0.3, -0.25) is 14.5 Å². The first-order valence-electron chi connectivity index (χ1n) is 16.0. The van der Waals surface area contributed by atoms with Crippen molar-refractivity contribution in [2.24, 2.45) is 17.8 Å². The molecule has 1 spiro atoms. The van der Waals surface area contributed by atoms with Crippen molar-refractivity contribution in [2.75, 3.05) is 37.7 Å². The van der Waals surface area contributed by atoms with Gasteiger partial charge in [-0.25, -0.2) is 0 Å². The lowest BCUT2D eigenvalue weighted by atomic mass is 9.71. The molecule has 5 aliphatic heterocycles. The Kier molecular flexibility index (Phi) is 5.73. The molecule has 4 saturated heterocycles. The molecule has 6 fully saturated rings. The van der Waals surface area contributed by atoms with E-state index in [2.05, 4.69) is 62.6 Å². The zero-order valence-electron chi connectivity index (χ0n) is 25.2. The molecule has 2 aliphatic carbocycles. The van der Waals surface area contributed by atoms with E-state index in [0.29, 0.717) is 51.2 Å². The van der Waals surface area contributed by atoms with Gasteiger partial charge >= 0.3 is 7.12 Å². The van der Waals surface area contributed by atoms with Crippen LogP contribution in [-0.4, -0.2) is 90.9 Å². The molecule has 1 unspecified atom stereocenters. The quantitative estimate of drug-likeness (QED) is 0.527. The largest absolute Gasteiger partial charge is 0.494 e. The number of benzene rings is 1. The van der Waals surface area contributed by atoms with Crippen molar-refractivity contribution in [2.45, 2.75) is 101 Å². The number of carbonyl (C=O) groups is 2. The number of rotatable bonds is 4. The van der Waals surface area contributed by atoms with Gasteiger partial charge in [0.2, 0.25) is 11.8 Å². The molecule has 9 heteroatoms. The summed E-state index contributed by atoms with van der Waals surface area (Å²) in [4.78, 5) is 34.4. The molecule has 0 aromatic heterocycles. The van der Waals surface area contributed by atoms with Gasteiger partial charge in [0.15, 0.2) is 0 Å². The fourth-order valence-electron chi connectivity index (χ4n) is 8.60. The number of hydrogen-bond acceptors (Lipinski definition) is 6. The maximum Gasteiger partial charge on any atom is 0.494 e. The molecule has 0 bridgehead atoms. The third-order valence-corrected chi connectivity index (χ3v) is 12.4. The van der Waals surface area contributed by atoms with Crippen molar-refractivity contribution in [3.05, 3.63) is 23.8 Å². The van der Waals surface area contributed by atoms with Crippen molar-refractivity contribution in [3.63, 3.8) is 0 Å². The van der Waals surface area contributed by atoms with Gasteiger partial charge in [-0.1, -0.05) is 12.1 Å². The van der Waals surface area contributed by atoms with E-state index >= 15 is 0 Å². The van der Waals surface area contributed by atoms with Crippen LogP contribution >= 0.6 is 0 Å². The Labute approximate surface area is 244 Å². The van der Waals surface area contributed by atoms with Gasteiger partial charge in [0.1, 0.15) is 0 Å². The van der Waals surface area contributed by atoms with Crippen LogP contribution in [0.3, 0.4) is 0 Å². The first-order chi connectivity index (χ1) is 19.5. The number of amides is 2. The summed E-state index contributed by atoms with van der Waals surface area (Å²) in [5.41, 5.74) is 1.72. The minimum atomic E-state index is -0.565. The molecular formula is C32H44BN3O5. The van der Waals surface area contributed by atoms with Crippen LogP contribution in [-0.2, 0) is 29.0 Å². The van der Waals surface area contributed by atoms with Crippen molar-refractivity contribution in [1.82, 2.24) is 9.80 Å². The third-order valence-electron chi connectivity index (χ3n) is 12.4. The highest BCUT2D eigenvalue weighted by molar-refractivity contribution is 6.62. The summed E-state index contributed by atoms with van der Waals surface area (Å²) in [5.74, 6) is 2.21. The highest BCUT2D eigenvalue weighted by atomic mass is 16.7. The Morgan fingerprint density at radius 1 is 0.976 bits per heavy atom. The zero-order valence-corrected chi connectivity index (χ0v) is 25.2. The number of fused-ring (bicyclic) bond motifs is 3. The maximum atomic E-state index is 14.6. The fourth-order valence-corrected chi connectivity index (χ4v) is 8.60. The van der Waals surface area contributed by atoms with Crippen LogP contribution < -0.4 is 10.4 Å². The molecular weight excluding hydrogens is 517 g/mol. The SMILES string of the molecule is C[C@H]1C2C[C@@H]2CN1[C@H]1C[C@@H](N2C(=O)C3(CCN(C(=O)C4COC4)CC3)c3ccc(B4OC(C)(C)C(C)(C)O4)cc32)C1. The summed E-state index contributed by atoms with van der Waals surface area (Å²) in [7, 11) is -0.464. The number of nitrogens with zero attached hydrogens (tertiary/aromatic N) is 3. The number of carbonyl (C=O) groups excluding carboxylic acids is 2. The van der Waals surface area contributed by atoms with Crippen molar-refractivity contribution in [1.29, 1.82) is 0 Å². The Balaban J connectivity index is 1.08. The second-order valence-corrected chi connectivity index (χ2v) is 15.1. The molecule has 0 N–H and O–H groups in total. The number of hydrogen-bond donors (Lipinski definition) is 0. The average molecular weight is 562 g/mol. The topological polar surface area (TPSA) is 71.6 Å². The fraction of sp³-hybridized carbons (Fsp3) is 0.750. The smallest absolute Gasteiger partial charge is 0.399 e. The van der Waals surface area contributed by atoms with Crippen LogP contribution in [0.15, 0.2) is 18.2 Å². The van der Waals surface area contributed by atoms with Crippen LogP contribution in [0.2, 0.25) is 0 Å². The summed E-state index contributed by atoms with van der Waals surface area (Å²) in [6.07, 6.45) is 4.83. The van der Waals surface area contributed by atoms with Gasteiger partial charge in [-0.2, -0.15) is 0 Å². The molecule has 1 aromatic carbocycles. The van der Waals surface area contributed by atoms with E-state index in [4.69, 9.17) is 14.0 Å². The maximum absolute atomic E-state index is 14.6. The lowest BCUT2D eigenvalue weighted by Crippen LogP contribution is -2.59. The predicted octanol–water partition coefficient (Wildman–Crippen LogP) is 2.71. The van der Waals surface area contributed by atoms with Crippen LogP contribution in [0.4, 0.5) is 5.69 Å². The molecule has 41 heavy (non-hydrogen) atoms. The van der Waals surface area contributed by atoms with Crippen LogP contribution in [0.5, 0.6) is 0 Å². The van der Waals surface area contributed by atoms with E-state index in [1.54, 1.807) is 0 Å². The van der Waals surface area contributed by atoms with E-state index in [1.165, 1.54) is 13.0 Å². The van der Waals surface area contributed by atoms with Gasteiger partial charge in [0.05, 0.1) is 35.7 Å². The van der Waals surface area contributed by atoms with Crippen LogP contribution in [0.1, 0.15) is 72.3 Å². The van der Waals surface area contributed by atoms with E-state index in [1.807, 2.05) is 4.90 Å². The molecule has 0 radical (unpaired) electrons. The Bertz CT molecular complexity index is 1270. The van der Waals surface area contributed by atoms with Gasteiger partial charge < -0.3 is 23.8 Å². The van der Waals surface area contributed by atoms with Crippen molar-refractivity contribution >= 4 is 30.1 Å². The first kappa shape index (κ1) is 26.7. The van der Waals surface area contributed by atoms with E-state index in [-0.39, 0.29) is 23.8 Å². The van der Waals surface area contributed by atoms with E-state index in [0.717, 1.165) is 41.4 Å². The second-order valence-electron chi connectivity index (χ2n) is 15.1. The van der Waals surface area contributed by atoms with Crippen molar-refractivity contribution < 1.29 is 23.6 Å². The van der Waals surface area contributed by atoms with E-state index < -0.39 is 23.7 Å². The van der Waals surface area contributed by atoms with Gasteiger partial charge in [0, 0.05) is 43.4 Å². The monoisotopic (exact) mass is 561 g/mol. The number of likely N-dealkylation sites (tertiary alicyclic amines) is 2. The molecule has 7 aliphatic rings. The summed E-state index contributed by atoms with van der Waals surface area (Å²) in [5, 5.41) is 0. The van der Waals surface area contributed by atoms with Crippen LogP contribution in [0.25, 0.3) is 0 Å². The standard InChI is InChI=1S/C32H44BN3O5/c1-19-25-12-20(25)16-35(19)23-14-24(15-23)36-27-13-22(33-40-30(2,3)31(4,5)41-33)6-7-26(27)32(29(36)38)8-10-34(11-9-32)28(37)21-17-39-18-21/h6-7,13,19-21,23-25H,8-12,14-18H2,1-5H3/t19-,20+,23-,24+,25?/m0/s1. The third kappa shape index (κ3) is 3.81. The lowest BCUT2D eigenvalue weighted by Gasteiger charge is -2.48. The van der Waals surface area contributed by atoms with Gasteiger partial charge in [-0.15, -0.1) is 0 Å². The summed E-state index contributed by atoms with van der Waals surface area (Å²) in [6, 6.07) is 7.91.